The lowest BCUT2D eigenvalue weighted by Crippen LogP contribution is -2.12. The van der Waals surface area contributed by atoms with Crippen molar-refractivity contribution in [3.05, 3.63) is 258 Å². The number of nitrogens with zero attached hydrogens (tertiary/aromatic N) is 6. The van der Waals surface area contributed by atoms with Crippen molar-refractivity contribution in [2.45, 2.75) is 38.5 Å². The smallest absolute Gasteiger partial charge is 0.258 e. The van der Waals surface area contributed by atoms with E-state index in [-0.39, 0.29) is 16.7 Å². The fourth-order valence-corrected chi connectivity index (χ4v) is 10.5. The Morgan fingerprint density at radius 2 is 0.816 bits per heavy atom. The third-order valence-corrected chi connectivity index (χ3v) is 14.4. The molecule has 13 aromatic rings. The second kappa shape index (κ2) is 22.8. The van der Waals surface area contributed by atoms with Crippen LogP contribution in [0, 0.1) is 0 Å². The Hall–Kier alpha value is -9.31. The molecule has 0 spiro atoms. The van der Waals surface area contributed by atoms with Crippen LogP contribution in [0.3, 0.4) is 0 Å². The summed E-state index contributed by atoms with van der Waals surface area (Å²) < 4.78 is 7.36. The molecular weight excluding hydrogens is 987 g/mol. The van der Waals surface area contributed by atoms with Crippen molar-refractivity contribution in [3.8, 4) is 33.8 Å². The number of benzene rings is 7. The average molecular weight is 1030 g/mol. The molecule has 13 nitrogen and oxygen atoms in total. The molecule has 3 N–H and O–H groups in total. The molecule has 0 fully saturated rings. The number of fused-ring (bicyclic) bond motifs is 4. The molecule has 6 heterocycles. The molecule has 0 saturated carbocycles. The maximum Gasteiger partial charge on any atom is 0.258 e. The van der Waals surface area contributed by atoms with E-state index in [2.05, 4.69) is 63.5 Å². The maximum absolute atomic E-state index is 12.3. The topological polar surface area (TPSA) is 189 Å². The predicted octanol–water partition coefficient (Wildman–Crippen LogP) is 12.2. The highest BCUT2D eigenvalue weighted by Crippen LogP contribution is 2.33. The minimum absolute atomic E-state index is 0.0788. The van der Waals surface area contributed by atoms with Gasteiger partial charge in [-0.05, 0) is 48.5 Å². The van der Waals surface area contributed by atoms with Gasteiger partial charge in [0, 0.05) is 60.6 Å². The van der Waals surface area contributed by atoms with Gasteiger partial charge in [-0.1, -0.05) is 140 Å². The first kappa shape index (κ1) is 48.9. The van der Waals surface area contributed by atoms with Gasteiger partial charge in [0.25, 0.3) is 16.7 Å². The molecule has 372 valence electrons. The van der Waals surface area contributed by atoms with Crippen molar-refractivity contribution in [2.75, 3.05) is 0 Å². The van der Waals surface area contributed by atoms with Crippen molar-refractivity contribution in [3.63, 3.8) is 0 Å². The molecule has 15 heteroatoms. The molecule has 0 amide bonds. The van der Waals surface area contributed by atoms with E-state index in [1.165, 1.54) is 4.70 Å². The minimum atomic E-state index is -0.127. The minimum Gasteiger partial charge on any atom is -0.440 e. The Morgan fingerprint density at radius 1 is 0.382 bits per heavy atom. The largest absolute Gasteiger partial charge is 0.440 e. The number of aryl methyl sites for hydroxylation is 6. The Labute approximate surface area is 442 Å². The first-order chi connectivity index (χ1) is 37.4. The van der Waals surface area contributed by atoms with Crippen LogP contribution in [0.25, 0.3) is 76.8 Å². The van der Waals surface area contributed by atoms with Crippen molar-refractivity contribution in [2.24, 2.45) is 0 Å². The average Bonchev–Trinajstić information content (AvgIpc) is 4.25. The molecular formula is C61H47N9O4S2. The predicted molar refractivity (Wildman–Crippen MR) is 304 cm³/mol. The second-order valence-electron chi connectivity index (χ2n) is 17.7. The van der Waals surface area contributed by atoms with Crippen LogP contribution in [0.1, 0.15) is 33.4 Å². The molecule has 6 aromatic heterocycles. The molecule has 0 atom stereocenters. The van der Waals surface area contributed by atoms with Crippen molar-refractivity contribution in [1.29, 1.82) is 0 Å². The monoisotopic (exact) mass is 1030 g/mol. The summed E-state index contributed by atoms with van der Waals surface area (Å²) in [7, 11) is 0. The standard InChI is InChI=1S/C25H19N3O2.C19H15N3OS.C17H13N3OS/c29-25-19-13-7-8-14-20(19)26-21(27-25)15-16-22-28-23(17-9-3-1-4-10-17)24(30-22)18-11-5-2-6-12-18;23-19-14-8-4-5-9-15(14)20-17(22-19)10-11-18-21-16(12-24-18)13-6-2-1-3-7-13;21-17-11-5-1-2-6-12(11)18-15(20-17)9-10-16-19-13-7-3-4-8-14(13)22-16/h1-14H,15-16H2,(H,26,27,29);1-9,12H,10-11H2,(H,20,22,23);1-8H,9-10H2,(H,18,20,21). The van der Waals surface area contributed by atoms with Crippen LogP contribution in [0.5, 0.6) is 0 Å². The zero-order valence-electron chi connectivity index (χ0n) is 40.9. The number of H-pyrrole nitrogens is 3. The van der Waals surface area contributed by atoms with Crippen molar-refractivity contribution in [1.82, 2.24) is 44.9 Å². The number of oxazole rings is 1. The van der Waals surface area contributed by atoms with Crippen LogP contribution in [0.4, 0.5) is 0 Å². The summed E-state index contributed by atoms with van der Waals surface area (Å²) in [5, 5.41) is 6.03. The Kier molecular flexibility index (Phi) is 14.7. The highest BCUT2D eigenvalue weighted by atomic mass is 32.1. The molecule has 0 radical (unpaired) electrons. The number of aromatic amines is 3. The van der Waals surface area contributed by atoms with Gasteiger partial charge in [0.05, 0.1) is 58.6 Å². The van der Waals surface area contributed by atoms with Gasteiger partial charge < -0.3 is 19.4 Å². The van der Waals surface area contributed by atoms with E-state index < -0.39 is 0 Å². The summed E-state index contributed by atoms with van der Waals surface area (Å²) in [6.45, 7) is 0. The van der Waals surface area contributed by atoms with E-state index in [9.17, 15) is 14.4 Å². The lowest BCUT2D eigenvalue weighted by atomic mass is 10.1. The first-order valence-corrected chi connectivity index (χ1v) is 26.4. The summed E-state index contributed by atoms with van der Waals surface area (Å²) in [5.74, 6) is 3.40. The van der Waals surface area contributed by atoms with Crippen LogP contribution < -0.4 is 16.7 Å². The Bertz CT molecular complexity index is 4190. The number of rotatable bonds is 12. The highest BCUT2D eigenvalue weighted by molar-refractivity contribution is 7.18. The molecule has 13 rings (SSSR count). The number of nitrogens with one attached hydrogen (secondary N) is 3. The summed E-state index contributed by atoms with van der Waals surface area (Å²) in [6, 6.07) is 60.4. The molecule has 0 bridgehead atoms. The molecule has 7 aromatic carbocycles. The van der Waals surface area contributed by atoms with Crippen molar-refractivity contribution >= 4 is 65.6 Å². The number of aromatic nitrogens is 9. The summed E-state index contributed by atoms with van der Waals surface area (Å²) >= 11 is 3.33. The van der Waals surface area contributed by atoms with E-state index in [1.807, 2.05) is 152 Å². The lowest BCUT2D eigenvalue weighted by molar-refractivity contribution is 0.503. The summed E-state index contributed by atoms with van der Waals surface area (Å²) in [5.41, 5.74) is 7.83. The van der Waals surface area contributed by atoms with Gasteiger partial charge in [-0.15, -0.1) is 22.7 Å². The van der Waals surface area contributed by atoms with Crippen LogP contribution in [-0.2, 0) is 38.5 Å². The highest BCUT2D eigenvalue weighted by Gasteiger charge is 2.18. The number of thiazole rings is 2. The summed E-state index contributed by atoms with van der Waals surface area (Å²) in [4.78, 5) is 72.7. The van der Waals surface area contributed by atoms with Gasteiger partial charge >= 0.3 is 0 Å². The van der Waals surface area contributed by atoms with Gasteiger partial charge in [-0.3, -0.25) is 14.4 Å². The molecule has 0 aliphatic carbocycles. The normalized spacial score (nSPS) is 11.1. The van der Waals surface area contributed by atoms with E-state index in [0.717, 1.165) is 73.2 Å². The zero-order valence-corrected chi connectivity index (χ0v) is 42.5. The number of hydrogen-bond acceptors (Lipinski definition) is 12. The third-order valence-electron chi connectivity index (χ3n) is 12.4. The quantitative estimate of drug-likeness (QED) is 0.106. The van der Waals surface area contributed by atoms with Crippen molar-refractivity contribution < 1.29 is 4.42 Å². The summed E-state index contributed by atoms with van der Waals surface area (Å²) in [6.07, 6.45) is 3.96. The van der Waals surface area contributed by atoms with Crippen LogP contribution in [-0.4, -0.2) is 44.9 Å². The van der Waals surface area contributed by atoms with Gasteiger partial charge in [-0.25, -0.2) is 29.9 Å². The molecule has 0 unspecified atom stereocenters. The second-order valence-corrected chi connectivity index (χ2v) is 19.7. The maximum atomic E-state index is 12.3. The Balaban J connectivity index is 0.000000123. The molecule has 0 aliphatic rings. The first-order valence-electron chi connectivity index (χ1n) is 24.8. The lowest BCUT2D eigenvalue weighted by Gasteiger charge is -2.01. The van der Waals surface area contributed by atoms with E-state index in [4.69, 9.17) is 9.40 Å². The third kappa shape index (κ3) is 11.6. The van der Waals surface area contributed by atoms with Gasteiger partial charge in [0.15, 0.2) is 11.7 Å². The fraction of sp³-hybridized carbons (Fsp3) is 0.0984. The van der Waals surface area contributed by atoms with Gasteiger partial charge in [0.2, 0.25) is 0 Å². The zero-order chi connectivity index (χ0) is 51.6. The van der Waals surface area contributed by atoms with Gasteiger partial charge in [-0.2, -0.15) is 0 Å². The fourth-order valence-electron chi connectivity index (χ4n) is 8.68. The molecule has 0 aliphatic heterocycles. The van der Waals surface area contributed by atoms with Crippen LogP contribution in [0.2, 0.25) is 0 Å². The Morgan fingerprint density at radius 3 is 1.34 bits per heavy atom. The van der Waals surface area contributed by atoms with Crippen LogP contribution >= 0.6 is 22.7 Å². The van der Waals surface area contributed by atoms with E-state index in [0.29, 0.717) is 70.7 Å². The van der Waals surface area contributed by atoms with E-state index >= 15 is 0 Å². The number of para-hydroxylation sites is 4. The number of hydrogen-bond donors (Lipinski definition) is 3. The van der Waals surface area contributed by atoms with Gasteiger partial charge in [0.1, 0.15) is 23.2 Å². The van der Waals surface area contributed by atoms with E-state index in [1.54, 1.807) is 40.9 Å². The molecule has 76 heavy (non-hydrogen) atoms. The molecule has 0 saturated heterocycles. The SMILES string of the molecule is O=c1[nH]c(CCc2nc(-c3ccccc3)c(-c3ccccc3)o2)nc2ccccc12.O=c1[nH]c(CCc2nc(-c3ccccc3)cs2)nc2ccccc12.O=c1[nH]c(CCc2nc3ccccc3s2)nc2ccccc12. The van der Waals surface area contributed by atoms with Crippen LogP contribution in [0.15, 0.2) is 212 Å².